The summed E-state index contributed by atoms with van der Waals surface area (Å²) >= 11 is 1.57. The van der Waals surface area contributed by atoms with E-state index in [1.165, 1.54) is 0 Å². The number of carbonyl (C=O) groups is 1. The zero-order valence-corrected chi connectivity index (χ0v) is 12.6. The molecule has 21 heavy (non-hydrogen) atoms. The predicted molar refractivity (Wildman–Crippen MR) is 81.5 cm³/mol. The maximum atomic E-state index is 12.5. The van der Waals surface area contributed by atoms with Crippen LogP contribution < -0.4 is 0 Å². The van der Waals surface area contributed by atoms with E-state index in [4.69, 9.17) is 5.11 Å². The Balaban J connectivity index is 1.80. The number of thiazole rings is 1. The van der Waals surface area contributed by atoms with Gasteiger partial charge < -0.3 is 15.1 Å². The van der Waals surface area contributed by atoms with Crippen molar-refractivity contribution in [2.24, 2.45) is 5.92 Å². The lowest BCUT2D eigenvalue weighted by Gasteiger charge is -2.35. The van der Waals surface area contributed by atoms with E-state index in [0.29, 0.717) is 18.5 Å². The average molecular weight is 306 g/mol. The number of aliphatic hydroxyl groups is 2. The molecule has 1 aliphatic rings. The molecule has 0 aliphatic carbocycles. The molecular formula is C15H18N2O3S. The van der Waals surface area contributed by atoms with Gasteiger partial charge in [0.15, 0.2) is 0 Å². The molecule has 2 heterocycles. The highest BCUT2D eigenvalue weighted by Crippen LogP contribution is 2.24. The summed E-state index contributed by atoms with van der Waals surface area (Å²) in [6, 6.07) is 5.52. The number of likely N-dealkylation sites (tertiary alicyclic amines) is 1. The van der Waals surface area contributed by atoms with Crippen molar-refractivity contribution in [2.45, 2.75) is 19.4 Å². The number of benzene rings is 1. The number of aromatic nitrogens is 1. The van der Waals surface area contributed by atoms with Gasteiger partial charge in [-0.15, -0.1) is 11.3 Å². The first-order valence-electron chi connectivity index (χ1n) is 7.04. The monoisotopic (exact) mass is 306 g/mol. The Bertz CT molecular complexity index is 670. The first-order chi connectivity index (χ1) is 10.1. The van der Waals surface area contributed by atoms with E-state index in [1.54, 1.807) is 22.3 Å². The molecule has 2 aromatic rings. The van der Waals surface area contributed by atoms with Crippen LogP contribution in [0, 0.1) is 12.8 Å². The van der Waals surface area contributed by atoms with E-state index >= 15 is 0 Å². The summed E-state index contributed by atoms with van der Waals surface area (Å²) in [7, 11) is 0. The number of rotatable bonds is 2. The molecule has 1 saturated heterocycles. The van der Waals surface area contributed by atoms with E-state index in [1.807, 2.05) is 19.1 Å². The van der Waals surface area contributed by atoms with Gasteiger partial charge in [-0.25, -0.2) is 4.98 Å². The first kappa shape index (κ1) is 14.4. The SMILES string of the molecule is Cc1nc2ccc(C(=O)N3CC[C@H](CO)[C@H](O)C3)cc2s1. The topological polar surface area (TPSA) is 73.7 Å². The molecular weight excluding hydrogens is 288 g/mol. The number of aliphatic hydroxyl groups excluding tert-OH is 2. The lowest BCUT2D eigenvalue weighted by molar-refractivity contribution is 0.000884. The number of carbonyl (C=O) groups excluding carboxylic acids is 1. The molecule has 0 unspecified atom stereocenters. The van der Waals surface area contributed by atoms with Crippen LogP contribution in [0.4, 0.5) is 0 Å². The molecule has 0 saturated carbocycles. The zero-order valence-electron chi connectivity index (χ0n) is 11.8. The van der Waals surface area contributed by atoms with Gasteiger partial charge in [0.2, 0.25) is 0 Å². The maximum Gasteiger partial charge on any atom is 0.253 e. The Morgan fingerprint density at radius 2 is 2.33 bits per heavy atom. The minimum absolute atomic E-state index is 0.0324. The molecule has 2 atom stereocenters. The molecule has 1 aromatic carbocycles. The molecule has 5 nitrogen and oxygen atoms in total. The zero-order chi connectivity index (χ0) is 15.0. The Kier molecular flexibility index (Phi) is 3.93. The van der Waals surface area contributed by atoms with Gasteiger partial charge in [-0.2, -0.15) is 0 Å². The summed E-state index contributed by atoms with van der Waals surface area (Å²) in [5.41, 5.74) is 1.54. The van der Waals surface area contributed by atoms with Crippen LogP contribution in [0.1, 0.15) is 21.8 Å². The van der Waals surface area contributed by atoms with Crippen LogP contribution in [-0.4, -0.2) is 51.8 Å². The molecule has 6 heteroatoms. The highest BCUT2D eigenvalue weighted by Gasteiger charge is 2.30. The number of hydrogen-bond donors (Lipinski definition) is 2. The fraction of sp³-hybridized carbons (Fsp3) is 0.467. The third kappa shape index (κ3) is 2.79. The molecule has 2 N–H and O–H groups in total. The first-order valence-corrected chi connectivity index (χ1v) is 7.85. The molecule has 1 aromatic heterocycles. The van der Waals surface area contributed by atoms with Crippen LogP contribution in [0.15, 0.2) is 18.2 Å². The number of piperidine rings is 1. The normalized spacial score (nSPS) is 22.7. The summed E-state index contributed by atoms with van der Waals surface area (Å²) in [6.07, 6.45) is -0.0206. The summed E-state index contributed by atoms with van der Waals surface area (Å²) in [5.74, 6) is -0.195. The number of hydrogen-bond acceptors (Lipinski definition) is 5. The average Bonchev–Trinajstić information content (AvgIpc) is 2.85. The molecule has 1 aliphatic heterocycles. The van der Waals surface area contributed by atoms with Gasteiger partial charge in [-0.05, 0) is 31.5 Å². The van der Waals surface area contributed by atoms with Gasteiger partial charge in [0.05, 0.1) is 21.3 Å². The van der Waals surface area contributed by atoms with Crippen molar-refractivity contribution in [1.29, 1.82) is 0 Å². The quantitative estimate of drug-likeness (QED) is 0.880. The highest BCUT2D eigenvalue weighted by atomic mass is 32.1. The van der Waals surface area contributed by atoms with Crippen molar-refractivity contribution in [3.8, 4) is 0 Å². The van der Waals surface area contributed by atoms with Crippen LogP contribution in [0.2, 0.25) is 0 Å². The van der Waals surface area contributed by atoms with Crippen LogP contribution in [0.25, 0.3) is 10.2 Å². The Morgan fingerprint density at radius 1 is 1.52 bits per heavy atom. The summed E-state index contributed by atoms with van der Waals surface area (Å²) in [4.78, 5) is 18.6. The fourth-order valence-electron chi connectivity index (χ4n) is 2.73. The van der Waals surface area contributed by atoms with Gasteiger partial charge >= 0.3 is 0 Å². The molecule has 1 fully saturated rings. The second-order valence-corrected chi connectivity index (χ2v) is 6.70. The van der Waals surface area contributed by atoms with Crippen molar-refractivity contribution >= 4 is 27.5 Å². The summed E-state index contributed by atoms with van der Waals surface area (Å²) in [5, 5.41) is 20.1. The summed E-state index contributed by atoms with van der Waals surface area (Å²) in [6.45, 7) is 2.77. The minimum Gasteiger partial charge on any atom is -0.396 e. The second kappa shape index (κ2) is 5.71. The van der Waals surface area contributed by atoms with Gasteiger partial charge in [0.25, 0.3) is 5.91 Å². The van der Waals surface area contributed by atoms with E-state index in [-0.39, 0.29) is 25.0 Å². The highest BCUT2D eigenvalue weighted by molar-refractivity contribution is 7.18. The van der Waals surface area contributed by atoms with Gasteiger partial charge in [0.1, 0.15) is 0 Å². The molecule has 3 rings (SSSR count). The third-order valence-corrected chi connectivity index (χ3v) is 4.92. The standard InChI is InChI=1S/C15H18N2O3S/c1-9-16-12-3-2-10(6-14(12)21-9)15(20)17-5-4-11(8-18)13(19)7-17/h2-3,6,11,13,18-19H,4-5,7-8H2,1H3/t11-,13-/m1/s1. The number of β-amino-alcohol motifs (C(OH)–C–C–N with tert-alkyl or cyclic N) is 1. The van der Waals surface area contributed by atoms with Crippen molar-refractivity contribution in [3.05, 3.63) is 28.8 Å². The predicted octanol–water partition coefficient (Wildman–Crippen LogP) is 1.42. The smallest absolute Gasteiger partial charge is 0.253 e. The van der Waals surface area contributed by atoms with Crippen LogP contribution in [0.5, 0.6) is 0 Å². The van der Waals surface area contributed by atoms with Crippen molar-refractivity contribution in [3.63, 3.8) is 0 Å². The lowest BCUT2D eigenvalue weighted by atomic mass is 9.94. The molecule has 0 radical (unpaired) electrons. The van der Waals surface area contributed by atoms with Crippen LogP contribution >= 0.6 is 11.3 Å². The Hall–Kier alpha value is -1.50. The van der Waals surface area contributed by atoms with Crippen LogP contribution in [0.3, 0.4) is 0 Å². The second-order valence-electron chi connectivity index (χ2n) is 5.47. The van der Waals surface area contributed by atoms with Gasteiger partial charge in [-0.1, -0.05) is 0 Å². The lowest BCUT2D eigenvalue weighted by Crippen LogP contribution is -2.47. The number of aryl methyl sites for hydroxylation is 1. The molecule has 0 spiro atoms. The maximum absolute atomic E-state index is 12.5. The van der Waals surface area contributed by atoms with Crippen molar-refractivity contribution in [2.75, 3.05) is 19.7 Å². The fourth-order valence-corrected chi connectivity index (χ4v) is 3.60. The molecule has 1 amide bonds. The van der Waals surface area contributed by atoms with Gasteiger partial charge in [0, 0.05) is 31.2 Å². The number of amides is 1. The Morgan fingerprint density at radius 3 is 3.05 bits per heavy atom. The van der Waals surface area contributed by atoms with Gasteiger partial charge in [-0.3, -0.25) is 4.79 Å². The summed E-state index contributed by atoms with van der Waals surface area (Å²) < 4.78 is 1.00. The minimum atomic E-state index is -0.651. The third-order valence-electron chi connectivity index (χ3n) is 3.99. The number of fused-ring (bicyclic) bond motifs is 1. The van der Waals surface area contributed by atoms with Crippen molar-refractivity contribution < 1.29 is 15.0 Å². The van der Waals surface area contributed by atoms with Crippen LogP contribution in [-0.2, 0) is 0 Å². The van der Waals surface area contributed by atoms with Crippen molar-refractivity contribution in [1.82, 2.24) is 9.88 Å². The molecule has 0 bridgehead atoms. The largest absolute Gasteiger partial charge is 0.396 e. The van der Waals surface area contributed by atoms with E-state index in [9.17, 15) is 9.90 Å². The number of nitrogens with zero attached hydrogens (tertiary/aromatic N) is 2. The van der Waals surface area contributed by atoms with E-state index in [2.05, 4.69) is 4.98 Å². The van der Waals surface area contributed by atoms with E-state index < -0.39 is 6.10 Å². The molecule has 112 valence electrons. The van der Waals surface area contributed by atoms with E-state index in [0.717, 1.165) is 15.2 Å². The Labute approximate surface area is 126 Å².